The van der Waals surface area contributed by atoms with E-state index in [1.165, 1.54) is 0 Å². The fraction of sp³-hybridized carbons (Fsp3) is 0.875. The summed E-state index contributed by atoms with van der Waals surface area (Å²) in [5.74, 6) is 0.0624. The second-order valence-electron chi connectivity index (χ2n) is 3.21. The predicted molar refractivity (Wildman–Crippen MR) is 45.4 cm³/mol. The van der Waals surface area contributed by atoms with Crippen molar-refractivity contribution in [3.05, 3.63) is 0 Å². The molecule has 0 aromatic carbocycles. The highest BCUT2D eigenvalue weighted by atomic mass is 16.3. The lowest BCUT2D eigenvalue weighted by molar-refractivity contribution is -0.128. The van der Waals surface area contributed by atoms with Crippen LogP contribution in [0.4, 0.5) is 0 Å². The van der Waals surface area contributed by atoms with Crippen LogP contribution in [0.5, 0.6) is 0 Å². The normalized spacial score (nSPS) is 21.8. The number of piperidine rings is 1. The number of amides is 1. The van der Waals surface area contributed by atoms with E-state index in [0.717, 1.165) is 25.9 Å². The van der Waals surface area contributed by atoms with Crippen molar-refractivity contribution in [2.24, 2.45) is 5.92 Å². The minimum absolute atomic E-state index is 0.0218. The van der Waals surface area contributed by atoms with Gasteiger partial charge in [0.25, 0.3) is 0 Å². The number of carbonyl (C=O) groups is 1. The molecule has 1 rings (SSSR count). The lowest BCUT2D eigenvalue weighted by atomic mass is 9.97. The standard InChI is InChI=1S/C8H16N2O2/c1-6(11)10-8(12)7-2-4-9-5-3-7/h6-7,9,11H,2-5H2,1H3,(H,10,12). The zero-order valence-electron chi connectivity index (χ0n) is 7.34. The fourth-order valence-electron chi connectivity index (χ4n) is 1.41. The predicted octanol–water partition coefficient (Wildman–Crippen LogP) is -0.560. The molecular weight excluding hydrogens is 156 g/mol. The van der Waals surface area contributed by atoms with E-state index in [9.17, 15) is 4.79 Å². The van der Waals surface area contributed by atoms with E-state index < -0.39 is 6.23 Å². The van der Waals surface area contributed by atoms with E-state index in [1.54, 1.807) is 6.92 Å². The molecule has 1 aliphatic heterocycles. The molecule has 3 N–H and O–H groups in total. The molecule has 4 nitrogen and oxygen atoms in total. The maximum atomic E-state index is 11.3. The van der Waals surface area contributed by atoms with Gasteiger partial charge in [-0.1, -0.05) is 0 Å². The topological polar surface area (TPSA) is 61.4 Å². The van der Waals surface area contributed by atoms with E-state index in [4.69, 9.17) is 5.11 Å². The van der Waals surface area contributed by atoms with Crippen LogP contribution in [-0.4, -0.2) is 30.3 Å². The summed E-state index contributed by atoms with van der Waals surface area (Å²) in [6.45, 7) is 3.36. The quantitative estimate of drug-likeness (QED) is 0.489. The van der Waals surface area contributed by atoms with Crippen molar-refractivity contribution < 1.29 is 9.90 Å². The largest absolute Gasteiger partial charge is 0.374 e. The SMILES string of the molecule is CC(O)NC(=O)C1CCNCC1. The molecule has 1 heterocycles. The molecule has 1 amide bonds. The van der Waals surface area contributed by atoms with Gasteiger partial charge in [0.2, 0.25) is 5.91 Å². The van der Waals surface area contributed by atoms with Gasteiger partial charge in [0.05, 0.1) is 0 Å². The molecule has 1 saturated heterocycles. The Morgan fingerprint density at radius 3 is 2.67 bits per heavy atom. The summed E-state index contributed by atoms with van der Waals surface area (Å²) in [5.41, 5.74) is 0. The molecule has 70 valence electrons. The maximum absolute atomic E-state index is 11.3. The molecule has 0 saturated carbocycles. The van der Waals surface area contributed by atoms with Crippen molar-refractivity contribution >= 4 is 5.91 Å². The summed E-state index contributed by atoms with van der Waals surface area (Å²) in [7, 11) is 0. The minimum Gasteiger partial charge on any atom is -0.374 e. The van der Waals surface area contributed by atoms with Crippen LogP contribution in [0, 0.1) is 5.92 Å². The van der Waals surface area contributed by atoms with E-state index in [-0.39, 0.29) is 11.8 Å². The molecule has 0 aliphatic carbocycles. The smallest absolute Gasteiger partial charge is 0.225 e. The van der Waals surface area contributed by atoms with Gasteiger partial charge in [-0.2, -0.15) is 0 Å². The molecule has 1 aliphatic rings. The molecule has 1 atom stereocenters. The van der Waals surface area contributed by atoms with Crippen molar-refractivity contribution in [2.45, 2.75) is 26.0 Å². The Labute approximate surface area is 72.3 Å². The average molecular weight is 172 g/mol. The summed E-state index contributed by atoms with van der Waals surface area (Å²) in [6, 6.07) is 0. The van der Waals surface area contributed by atoms with Crippen LogP contribution < -0.4 is 10.6 Å². The Morgan fingerprint density at radius 1 is 1.58 bits per heavy atom. The summed E-state index contributed by atoms with van der Waals surface area (Å²) < 4.78 is 0. The van der Waals surface area contributed by atoms with Crippen LogP contribution in [-0.2, 0) is 4.79 Å². The highest BCUT2D eigenvalue weighted by molar-refractivity contribution is 5.78. The lowest BCUT2D eigenvalue weighted by Gasteiger charge is -2.22. The van der Waals surface area contributed by atoms with E-state index in [2.05, 4.69) is 10.6 Å². The van der Waals surface area contributed by atoms with E-state index >= 15 is 0 Å². The van der Waals surface area contributed by atoms with Gasteiger partial charge >= 0.3 is 0 Å². The highest BCUT2D eigenvalue weighted by Crippen LogP contribution is 2.11. The third-order valence-corrected chi connectivity index (χ3v) is 2.06. The molecule has 1 fully saturated rings. The van der Waals surface area contributed by atoms with Gasteiger partial charge in [0, 0.05) is 5.92 Å². The Hall–Kier alpha value is -0.610. The Morgan fingerprint density at radius 2 is 2.17 bits per heavy atom. The molecule has 0 spiro atoms. The second-order valence-corrected chi connectivity index (χ2v) is 3.21. The molecule has 12 heavy (non-hydrogen) atoms. The molecule has 0 radical (unpaired) electrons. The molecular formula is C8H16N2O2. The van der Waals surface area contributed by atoms with Gasteiger partial charge in [-0.3, -0.25) is 4.79 Å². The fourth-order valence-corrected chi connectivity index (χ4v) is 1.41. The van der Waals surface area contributed by atoms with Crippen molar-refractivity contribution in [2.75, 3.05) is 13.1 Å². The van der Waals surface area contributed by atoms with Gasteiger partial charge in [-0.15, -0.1) is 0 Å². The highest BCUT2D eigenvalue weighted by Gasteiger charge is 2.21. The zero-order valence-corrected chi connectivity index (χ0v) is 7.34. The van der Waals surface area contributed by atoms with Gasteiger partial charge in [0.1, 0.15) is 6.23 Å². The molecule has 0 aromatic heterocycles. The molecule has 1 unspecified atom stereocenters. The number of carbonyl (C=O) groups excluding carboxylic acids is 1. The first-order chi connectivity index (χ1) is 5.70. The molecule has 0 bridgehead atoms. The third kappa shape index (κ3) is 2.79. The second kappa shape index (κ2) is 4.42. The Balaban J connectivity index is 2.30. The van der Waals surface area contributed by atoms with Gasteiger partial charge in [0.15, 0.2) is 0 Å². The first kappa shape index (κ1) is 9.48. The summed E-state index contributed by atoms with van der Waals surface area (Å²) in [6.07, 6.45) is 1.02. The van der Waals surface area contributed by atoms with Gasteiger partial charge in [-0.05, 0) is 32.9 Å². The van der Waals surface area contributed by atoms with Crippen LogP contribution in [0.25, 0.3) is 0 Å². The van der Waals surface area contributed by atoms with E-state index in [0.29, 0.717) is 0 Å². The summed E-state index contributed by atoms with van der Waals surface area (Å²) >= 11 is 0. The number of aliphatic hydroxyl groups is 1. The summed E-state index contributed by atoms with van der Waals surface area (Å²) in [4.78, 5) is 11.3. The maximum Gasteiger partial charge on any atom is 0.225 e. The third-order valence-electron chi connectivity index (χ3n) is 2.06. The van der Waals surface area contributed by atoms with Crippen molar-refractivity contribution in [1.29, 1.82) is 0 Å². The van der Waals surface area contributed by atoms with Gasteiger partial charge in [-0.25, -0.2) is 0 Å². The molecule has 0 aromatic rings. The van der Waals surface area contributed by atoms with Crippen LogP contribution in [0.1, 0.15) is 19.8 Å². The first-order valence-corrected chi connectivity index (χ1v) is 4.39. The van der Waals surface area contributed by atoms with Crippen LogP contribution >= 0.6 is 0 Å². The number of aliphatic hydroxyl groups excluding tert-OH is 1. The number of rotatable bonds is 2. The summed E-state index contributed by atoms with van der Waals surface area (Å²) in [5, 5.41) is 14.6. The van der Waals surface area contributed by atoms with Crippen LogP contribution in [0.2, 0.25) is 0 Å². The number of nitrogens with one attached hydrogen (secondary N) is 2. The van der Waals surface area contributed by atoms with Crippen LogP contribution in [0.15, 0.2) is 0 Å². The Kier molecular flexibility index (Phi) is 3.49. The number of hydrogen-bond acceptors (Lipinski definition) is 3. The Bertz CT molecular complexity index is 153. The first-order valence-electron chi connectivity index (χ1n) is 4.39. The average Bonchev–Trinajstić information content (AvgIpc) is 2.05. The van der Waals surface area contributed by atoms with Crippen molar-refractivity contribution in [1.82, 2.24) is 10.6 Å². The van der Waals surface area contributed by atoms with E-state index in [1.807, 2.05) is 0 Å². The minimum atomic E-state index is -0.729. The zero-order chi connectivity index (χ0) is 8.97. The van der Waals surface area contributed by atoms with Gasteiger partial charge < -0.3 is 15.7 Å². The molecule has 4 heteroatoms. The van der Waals surface area contributed by atoms with Crippen molar-refractivity contribution in [3.8, 4) is 0 Å². The van der Waals surface area contributed by atoms with Crippen LogP contribution in [0.3, 0.4) is 0 Å². The lowest BCUT2D eigenvalue weighted by Crippen LogP contribution is -2.41. The number of hydrogen-bond donors (Lipinski definition) is 3. The van der Waals surface area contributed by atoms with Crippen molar-refractivity contribution in [3.63, 3.8) is 0 Å². The monoisotopic (exact) mass is 172 g/mol.